The van der Waals surface area contributed by atoms with E-state index in [-0.39, 0.29) is 17.7 Å². The summed E-state index contributed by atoms with van der Waals surface area (Å²) in [5.41, 5.74) is 2.33. The molecule has 6 nitrogen and oxygen atoms in total. The molecule has 4 rings (SSSR count). The van der Waals surface area contributed by atoms with Gasteiger partial charge in [-0.3, -0.25) is 9.10 Å². The first-order valence-corrected chi connectivity index (χ1v) is 10.9. The number of carbonyl (C=O) groups is 1. The maximum Gasteiger partial charge on any atom is 0.247 e. The maximum absolute atomic E-state index is 12.7. The van der Waals surface area contributed by atoms with Gasteiger partial charge in [-0.15, -0.1) is 0 Å². The van der Waals surface area contributed by atoms with Crippen molar-refractivity contribution in [3.05, 3.63) is 60.2 Å². The standard InChI is InChI=1S/C20H23N3O3S/c24-20(22-17-7-8-17)19(15-5-2-1-3-6-15)21-16-9-11-18(12-10-16)23-13-4-14-27(23,25)26/h1-3,5-6,9-12,17,19,21H,4,7-8,13-14H2,(H,22,24)/t19-/m0/s1. The molecule has 1 aliphatic heterocycles. The SMILES string of the molecule is O=C(NC1CC1)[C@@H](Nc1ccc(N2CCCS2(=O)=O)cc1)c1ccccc1. The van der Waals surface area contributed by atoms with E-state index in [0.717, 1.165) is 24.1 Å². The topological polar surface area (TPSA) is 78.5 Å². The molecule has 1 saturated heterocycles. The number of carbonyl (C=O) groups excluding carboxylic acids is 1. The van der Waals surface area contributed by atoms with Crippen LogP contribution < -0.4 is 14.9 Å². The van der Waals surface area contributed by atoms with Crippen molar-refractivity contribution in [3.8, 4) is 0 Å². The Bertz CT molecular complexity index is 909. The molecule has 0 bridgehead atoms. The Morgan fingerprint density at radius 2 is 1.74 bits per heavy atom. The van der Waals surface area contributed by atoms with E-state index in [9.17, 15) is 13.2 Å². The predicted molar refractivity (Wildman–Crippen MR) is 106 cm³/mol. The fraction of sp³-hybridized carbons (Fsp3) is 0.350. The Hall–Kier alpha value is -2.54. The van der Waals surface area contributed by atoms with Gasteiger partial charge in [0.15, 0.2) is 0 Å². The Balaban J connectivity index is 1.53. The molecule has 0 unspecified atom stereocenters. The lowest BCUT2D eigenvalue weighted by atomic mass is 10.1. The average molecular weight is 385 g/mol. The highest BCUT2D eigenvalue weighted by Gasteiger charge is 2.29. The van der Waals surface area contributed by atoms with E-state index in [4.69, 9.17) is 0 Å². The highest BCUT2D eigenvalue weighted by molar-refractivity contribution is 7.93. The van der Waals surface area contributed by atoms with Crippen molar-refractivity contribution in [2.45, 2.75) is 31.3 Å². The lowest BCUT2D eigenvalue weighted by molar-refractivity contribution is -0.122. The van der Waals surface area contributed by atoms with E-state index in [1.165, 1.54) is 4.31 Å². The Labute approximate surface area is 159 Å². The molecule has 2 aromatic rings. The van der Waals surface area contributed by atoms with E-state index >= 15 is 0 Å². The zero-order valence-corrected chi connectivity index (χ0v) is 15.8. The molecule has 0 radical (unpaired) electrons. The third kappa shape index (κ3) is 4.08. The summed E-state index contributed by atoms with van der Waals surface area (Å²) < 4.78 is 25.6. The quantitative estimate of drug-likeness (QED) is 0.801. The number of rotatable bonds is 6. The van der Waals surface area contributed by atoms with E-state index in [1.54, 1.807) is 12.1 Å². The van der Waals surface area contributed by atoms with Crippen LogP contribution in [0.5, 0.6) is 0 Å². The molecule has 2 N–H and O–H groups in total. The smallest absolute Gasteiger partial charge is 0.247 e. The van der Waals surface area contributed by atoms with Crippen molar-refractivity contribution in [2.75, 3.05) is 21.9 Å². The van der Waals surface area contributed by atoms with Gasteiger partial charge in [0, 0.05) is 18.3 Å². The summed E-state index contributed by atoms with van der Waals surface area (Å²) in [6, 6.07) is 16.6. The van der Waals surface area contributed by atoms with E-state index in [1.807, 2.05) is 42.5 Å². The number of hydrogen-bond acceptors (Lipinski definition) is 4. The minimum absolute atomic E-state index is 0.0464. The highest BCUT2D eigenvalue weighted by atomic mass is 32.2. The molecule has 1 atom stereocenters. The lowest BCUT2D eigenvalue weighted by Gasteiger charge is -2.21. The molecular weight excluding hydrogens is 362 g/mol. The van der Waals surface area contributed by atoms with Gasteiger partial charge in [-0.05, 0) is 49.1 Å². The molecule has 7 heteroatoms. The second-order valence-corrected chi connectivity index (χ2v) is 9.07. The third-order valence-corrected chi connectivity index (χ3v) is 6.75. The van der Waals surface area contributed by atoms with Crippen molar-refractivity contribution in [1.29, 1.82) is 0 Å². The van der Waals surface area contributed by atoms with E-state index in [2.05, 4.69) is 10.6 Å². The fourth-order valence-electron chi connectivity index (χ4n) is 3.28. The first-order chi connectivity index (χ1) is 13.0. The average Bonchev–Trinajstić information content (AvgIpc) is 3.41. The zero-order chi connectivity index (χ0) is 18.9. The highest BCUT2D eigenvalue weighted by Crippen LogP contribution is 2.28. The van der Waals surface area contributed by atoms with Gasteiger partial charge in [0.2, 0.25) is 15.9 Å². The van der Waals surface area contributed by atoms with Crippen LogP contribution in [0.4, 0.5) is 11.4 Å². The molecular formula is C20H23N3O3S. The van der Waals surface area contributed by atoms with Crippen molar-refractivity contribution in [3.63, 3.8) is 0 Å². The minimum Gasteiger partial charge on any atom is -0.370 e. The van der Waals surface area contributed by atoms with E-state index < -0.39 is 16.1 Å². The van der Waals surface area contributed by atoms with Crippen LogP contribution in [0.15, 0.2) is 54.6 Å². The summed E-state index contributed by atoms with van der Waals surface area (Å²) in [5, 5.41) is 6.34. The number of amides is 1. The molecule has 2 fully saturated rings. The fourth-order valence-corrected chi connectivity index (χ4v) is 4.84. The predicted octanol–water partition coefficient (Wildman–Crippen LogP) is 2.66. The van der Waals surface area contributed by atoms with Gasteiger partial charge in [-0.25, -0.2) is 8.42 Å². The van der Waals surface area contributed by atoms with Gasteiger partial charge in [0.25, 0.3) is 0 Å². The van der Waals surface area contributed by atoms with Crippen molar-refractivity contribution >= 4 is 27.3 Å². The molecule has 1 saturated carbocycles. The molecule has 142 valence electrons. The largest absolute Gasteiger partial charge is 0.370 e. The van der Waals surface area contributed by atoms with Crippen LogP contribution in [0, 0.1) is 0 Å². The maximum atomic E-state index is 12.7. The monoisotopic (exact) mass is 385 g/mol. The molecule has 1 amide bonds. The van der Waals surface area contributed by atoms with Crippen molar-refractivity contribution in [2.24, 2.45) is 0 Å². The lowest BCUT2D eigenvalue weighted by Crippen LogP contribution is -2.34. The second-order valence-electron chi connectivity index (χ2n) is 7.06. The van der Waals surface area contributed by atoms with Crippen LogP contribution in [-0.4, -0.2) is 32.7 Å². The third-order valence-electron chi connectivity index (χ3n) is 4.88. The van der Waals surface area contributed by atoms with Gasteiger partial charge in [-0.2, -0.15) is 0 Å². The molecule has 27 heavy (non-hydrogen) atoms. The summed E-state index contributed by atoms with van der Waals surface area (Å²) in [4.78, 5) is 12.7. The summed E-state index contributed by atoms with van der Waals surface area (Å²) in [7, 11) is -3.19. The number of anilines is 2. The van der Waals surface area contributed by atoms with Gasteiger partial charge in [-0.1, -0.05) is 30.3 Å². The summed E-state index contributed by atoms with van der Waals surface area (Å²) in [5.74, 6) is 0.152. The van der Waals surface area contributed by atoms with Crippen LogP contribution in [0.1, 0.15) is 30.9 Å². The minimum atomic E-state index is -3.19. The Kier molecular flexibility index (Phi) is 4.78. The van der Waals surface area contributed by atoms with Crippen LogP contribution in [-0.2, 0) is 14.8 Å². The number of sulfonamides is 1. The number of nitrogens with zero attached hydrogens (tertiary/aromatic N) is 1. The van der Waals surface area contributed by atoms with Crippen molar-refractivity contribution < 1.29 is 13.2 Å². The molecule has 0 aromatic heterocycles. The van der Waals surface area contributed by atoms with Crippen LogP contribution in [0.25, 0.3) is 0 Å². The van der Waals surface area contributed by atoms with Crippen LogP contribution >= 0.6 is 0 Å². The van der Waals surface area contributed by atoms with Gasteiger partial charge in [0.1, 0.15) is 6.04 Å². The van der Waals surface area contributed by atoms with Crippen LogP contribution in [0.3, 0.4) is 0 Å². The summed E-state index contributed by atoms with van der Waals surface area (Å²) in [6.07, 6.45) is 2.72. The Morgan fingerprint density at radius 1 is 1.04 bits per heavy atom. The van der Waals surface area contributed by atoms with Gasteiger partial charge < -0.3 is 10.6 Å². The van der Waals surface area contributed by atoms with Gasteiger partial charge in [0.05, 0.1) is 11.4 Å². The zero-order valence-electron chi connectivity index (χ0n) is 15.0. The van der Waals surface area contributed by atoms with Gasteiger partial charge >= 0.3 is 0 Å². The first kappa shape index (κ1) is 17.9. The van der Waals surface area contributed by atoms with Crippen molar-refractivity contribution in [1.82, 2.24) is 5.32 Å². The Morgan fingerprint density at radius 3 is 2.33 bits per heavy atom. The summed E-state index contributed by atoms with van der Waals surface area (Å²) >= 11 is 0. The summed E-state index contributed by atoms with van der Waals surface area (Å²) in [6.45, 7) is 0.519. The van der Waals surface area contributed by atoms with Crippen LogP contribution in [0.2, 0.25) is 0 Å². The van der Waals surface area contributed by atoms with E-state index in [0.29, 0.717) is 18.7 Å². The molecule has 1 heterocycles. The second kappa shape index (κ2) is 7.23. The molecule has 1 aliphatic carbocycles. The number of hydrogen-bond donors (Lipinski definition) is 2. The molecule has 0 spiro atoms. The number of benzene rings is 2. The molecule has 2 aliphatic rings. The molecule has 2 aromatic carbocycles. The normalized spacial score (nSPS) is 19.5. The first-order valence-electron chi connectivity index (χ1n) is 9.25. The number of nitrogens with one attached hydrogen (secondary N) is 2.